The molecule has 1 aromatic carbocycles. The largest absolute Gasteiger partial charge is 0.497 e. The topological polar surface area (TPSA) is 35.0 Å². The number of nitrogens with zero attached hydrogens (tertiary/aromatic N) is 2. The fourth-order valence-electron chi connectivity index (χ4n) is 1.18. The lowest BCUT2D eigenvalue weighted by molar-refractivity contribution is 0.415. The zero-order valence-electron chi connectivity index (χ0n) is 8.84. The normalized spacial score (nSPS) is 9.06. The maximum absolute atomic E-state index is 5.06. The Morgan fingerprint density at radius 1 is 1.06 bits per heavy atom. The standard InChI is InChI=1S/C13H10N2O/c1-16-13-8-5-11(6-9-13)4-7-12-3-2-10-14-15-12/h2-3,5-6,8-10H,1H3. The fraction of sp³-hybridized carbons (Fsp3) is 0.0769. The maximum Gasteiger partial charge on any atom is 0.136 e. The predicted octanol–water partition coefficient (Wildman–Crippen LogP) is 1.89. The number of hydrogen-bond acceptors (Lipinski definition) is 3. The summed E-state index contributed by atoms with van der Waals surface area (Å²) in [6, 6.07) is 11.2. The minimum Gasteiger partial charge on any atom is -0.497 e. The number of rotatable bonds is 1. The molecular weight excluding hydrogens is 200 g/mol. The van der Waals surface area contributed by atoms with Gasteiger partial charge in [0.15, 0.2) is 0 Å². The SMILES string of the molecule is COc1ccc(C#Cc2cccnn2)cc1. The lowest BCUT2D eigenvalue weighted by atomic mass is 10.2. The first-order chi connectivity index (χ1) is 7.88. The van der Waals surface area contributed by atoms with Crippen molar-refractivity contribution in [3.05, 3.63) is 53.9 Å². The van der Waals surface area contributed by atoms with E-state index in [1.54, 1.807) is 13.3 Å². The van der Waals surface area contributed by atoms with Gasteiger partial charge in [0.05, 0.1) is 7.11 Å². The first kappa shape index (κ1) is 10.2. The molecule has 0 atom stereocenters. The molecule has 3 heteroatoms. The molecule has 2 rings (SSSR count). The van der Waals surface area contributed by atoms with Gasteiger partial charge in [0.25, 0.3) is 0 Å². The van der Waals surface area contributed by atoms with E-state index in [1.807, 2.05) is 36.4 Å². The minimum atomic E-state index is 0.665. The van der Waals surface area contributed by atoms with E-state index in [-0.39, 0.29) is 0 Å². The molecule has 1 aromatic heterocycles. The second kappa shape index (κ2) is 4.94. The van der Waals surface area contributed by atoms with E-state index in [0.29, 0.717) is 5.69 Å². The van der Waals surface area contributed by atoms with Gasteiger partial charge in [-0.05, 0) is 42.3 Å². The molecule has 3 nitrogen and oxygen atoms in total. The summed E-state index contributed by atoms with van der Waals surface area (Å²) in [4.78, 5) is 0. The summed E-state index contributed by atoms with van der Waals surface area (Å²) in [5.41, 5.74) is 1.59. The van der Waals surface area contributed by atoms with Gasteiger partial charge in [-0.15, -0.1) is 5.10 Å². The van der Waals surface area contributed by atoms with Crippen LogP contribution in [0.3, 0.4) is 0 Å². The Morgan fingerprint density at radius 3 is 2.50 bits per heavy atom. The maximum atomic E-state index is 5.06. The molecule has 0 fully saturated rings. The Hall–Kier alpha value is -2.34. The second-order valence-corrected chi connectivity index (χ2v) is 3.09. The van der Waals surface area contributed by atoms with Crippen molar-refractivity contribution >= 4 is 0 Å². The van der Waals surface area contributed by atoms with Gasteiger partial charge in [-0.2, -0.15) is 5.10 Å². The molecule has 0 spiro atoms. The average molecular weight is 210 g/mol. The molecule has 0 aliphatic rings. The van der Waals surface area contributed by atoms with Crippen LogP contribution in [0.25, 0.3) is 0 Å². The van der Waals surface area contributed by atoms with Crippen molar-refractivity contribution in [2.45, 2.75) is 0 Å². The fourth-order valence-corrected chi connectivity index (χ4v) is 1.18. The molecule has 16 heavy (non-hydrogen) atoms. The van der Waals surface area contributed by atoms with Crippen molar-refractivity contribution in [2.75, 3.05) is 7.11 Å². The lowest BCUT2D eigenvalue weighted by Crippen LogP contribution is -1.84. The number of methoxy groups -OCH3 is 1. The monoisotopic (exact) mass is 210 g/mol. The van der Waals surface area contributed by atoms with Crippen LogP contribution >= 0.6 is 0 Å². The first-order valence-corrected chi connectivity index (χ1v) is 4.82. The van der Waals surface area contributed by atoms with Crippen molar-refractivity contribution in [3.8, 4) is 17.6 Å². The molecular formula is C13H10N2O. The summed E-state index contributed by atoms with van der Waals surface area (Å²) in [5.74, 6) is 6.76. The van der Waals surface area contributed by atoms with E-state index in [9.17, 15) is 0 Å². The molecule has 2 aromatic rings. The highest BCUT2D eigenvalue weighted by Crippen LogP contribution is 2.10. The van der Waals surface area contributed by atoms with Gasteiger partial charge in [0.2, 0.25) is 0 Å². The lowest BCUT2D eigenvalue weighted by Gasteiger charge is -1.97. The Morgan fingerprint density at radius 2 is 1.88 bits per heavy atom. The van der Waals surface area contributed by atoms with E-state index in [0.717, 1.165) is 11.3 Å². The van der Waals surface area contributed by atoms with Crippen LogP contribution < -0.4 is 4.74 Å². The summed E-state index contributed by atoms with van der Waals surface area (Å²) < 4.78 is 5.06. The van der Waals surface area contributed by atoms with Crippen molar-refractivity contribution in [1.82, 2.24) is 10.2 Å². The van der Waals surface area contributed by atoms with Crippen LogP contribution in [-0.2, 0) is 0 Å². The first-order valence-electron chi connectivity index (χ1n) is 4.82. The predicted molar refractivity (Wildman–Crippen MR) is 61.0 cm³/mol. The molecule has 1 heterocycles. The number of benzene rings is 1. The third kappa shape index (κ3) is 2.58. The van der Waals surface area contributed by atoms with Crippen LogP contribution in [-0.4, -0.2) is 17.3 Å². The Bertz CT molecular complexity index is 509. The highest BCUT2D eigenvalue weighted by molar-refractivity contribution is 5.41. The zero-order chi connectivity index (χ0) is 11.2. The quantitative estimate of drug-likeness (QED) is 0.674. The third-order valence-corrected chi connectivity index (χ3v) is 2.00. The molecule has 0 N–H and O–H groups in total. The van der Waals surface area contributed by atoms with E-state index in [2.05, 4.69) is 22.0 Å². The van der Waals surface area contributed by atoms with Crippen LogP contribution in [0.5, 0.6) is 5.75 Å². The smallest absolute Gasteiger partial charge is 0.136 e. The molecule has 0 aliphatic heterocycles. The molecule has 0 amide bonds. The molecule has 78 valence electrons. The summed E-state index contributed by atoms with van der Waals surface area (Å²) in [7, 11) is 1.64. The number of aromatic nitrogens is 2. The summed E-state index contributed by atoms with van der Waals surface area (Å²) in [6.45, 7) is 0. The van der Waals surface area contributed by atoms with Crippen LogP contribution in [0.4, 0.5) is 0 Å². The van der Waals surface area contributed by atoms with Gasteiger partial charge in [-0.25, -0.2) is 0 Å². The van der Waals surface area contributed by atoms with E-state index in [4.69, 9.17) is 4.74 Å². The van der Waals surface area contributed by atoms with Crippen LogP contribution in [0, 0.1) is 11.8 Å². The molecule has 0 bridgehead atoms. The van der Waals surface area contributed by atoms with Crippen molar-refractivity contribution in [3.63, 3.8) is 0 Å². The average Bonchev–Trinajstić information content (AvgIpc) is 2.38. The van der Waals surface area contributed by atoms with E-state index < -0.39 is 0 Å². The Balaban J connectivity index is 2.18. The van der Waals surface area contributed by atoms with Crippen molar-refractivity contribution in [2.24, 2.45) is 0 Å². The van der Waals surface area contributed by atoms with Gasteiger partial charge in [0.1, 0.15) is 11.4 Å². The zero-order valence-corrected chi connectivity index (χ0v) is 8.84. The van der Waals surface area contributed by atoms with Crippen molar-refractivity contribution in [1.29, 1.82) is 0 Å². The van der Waals surface area contributed by atoms with Gasteiger partial charge in [0, 0.05) is 11.8 Å². The van der Waals surface area contributed by atoms with Crippen LogP contribution in [0.2, 0.25) is 0 Å². The summed E-state index contributed by atoms with van der Waals surface area (Å²) in [5, 5.41) is 7.63. The molecule has 0 saturated heterocycles. The Kier molecular flexibility index (Phi) is 3.15. The number of ether oxygens (including phenoxy) is 1. The van der Waals surface area contributed by atoms with Gasteiger partial charge >= 0.3 is 0 Å². The molecule has 0 radical (unpaired) electrons. The third-order valence-electron chi connectivity index (χ3n) is 2.00. The second-order valence-electron chi connectivity index (χ2n) is 3.09. The molecule has 0 saturated carbocycles. The van der Waals surface area contributed by atoms with Gasteiger partial charge < -0.3 is 4.74 Å². The highest BCUT2D eigenvalue weighted by Gasteiger charge is 1.90. The highest BCUT2D eigenvalue weighted by atomic mass is 16.5. The number of hydrogen-bond donors (Lipinski definition) is 0. The van der Waals surface area contributed by atoms with E-state index >= 15 is 0 Å². The van der Waals surface area contributed by atoms with Crippen LogP contribution in [0.15, 0.2) is 42.6 Å². The van der Waals surface area contributed by atoms with Crippen LogP contribution in [0.1, 0.15) is 11.3 Å². The van der Waals surface area contributed by atoms with E-state index in [1.165, 1.54) is 0 Å². The Labute approximate surface area is 94.1 Å². The van der Waals surface area contributed by atoms with Crippen molar-refractivity contribution < 1.29 is 4.74 Å². The summed E-state index contributed by atoms with van der Waals surface area (Å²) in [6.07, 6.45) is 1.62. The van der Waals surface area contributed by atoms with Gasteiger partial charge in [-0.3, -0.25) is 0 Å². The summed E-state index contributed by atoms with van der Waals surface area (Å²) >= 11 is 0. The molecule has 0 unspecified atom stereocenters. The van der Waals surface area contributed by atoms with Gasteiger partial charge in [-0.1, -0.05) is 5.92 Å². The minimum absolute atomic E-state index is 0.665. The molecule has 0 aliphatic carbocycles.